The fraction of sp³-hybridized carbons (Fsp3) is 0.786. The Kier molecular flexibility index (Phi) is 3.39. The van der Waals surface area contributed by atoms with Gasteiger partial charge in [-0.05, 0) is 39.2 Å². The molecule has 1 aromatic heterocycles. The van der Waals surface area contributed by atoms with Gasteiger partial charge >= 0.3 is 0 Å². The largest absolute Gasteiger partial charge is 0.313 e. The Balaban J connectivity index is 1.64. The number of hydrogen-bond acceptors (Lipinski definition) is 3. The highest BCUT2D eigenvalue weighted by molar-refractivity contribution is 5.15. The number of nitrogens with one attached hydrogen (secondary N) is 1. The topological polar surface area (TPSA) is 33.1 Å². The smallest absolute Gasteiger partial charge is 0.0638 e. The molecule has 18 heavy (non-hydrogen) atoms. The predicted molar refractivity (Wildman–Crippen MR) is 72.4 cm³/mol. The Morgan fingerprint density at radius 2 is 2.28 bits per heavy atom. The maximum atomic E-state index is 4.45. The second-order valence-electron chi connectivity index (χ2n) is 5.87. The van der Waals surface area contributed by atoms with Crippen molar-refractivity contribution in [2.45, 2.75) is 51.2 Å². The van der Waals surface area contributed by atoms with Crippen LogP contribution in [0, 0.1) is 6.92 Å². The van der Waals surface area contributed by atoms with E-state index in [2.05, 4.69) is 28.4 Å². The number of rotatable bonds is 5. The molecule has 1 N–H and O–H groups in total. The quantitative estimate of drug-likeness (QED) is 0.856. The van der Waals surface area contributed by atoms with Gasteiger partial charge in [-0.3, -0.25) is 9.58 Å². The molecule has 1 unspecified atom stereocenters. The second kappa shape index (κ2) is 5.02. The van der Waals surface area contributed by atoms with E-state index in [9.17, 15) is 0 Å². The van der Waals surface area contributed by atoms with E-state index in [4.69, 9.17) is 0 Å². The molecule has 0 spiro atoms. The molecular formula is C14H24N4. The van der Waals surface area contributed by atoms with E-state index >= 15 is 0 Å². The first-order valence-electron chi connectivity index (χ1n) is 7.19. The summed E-state index contributed by atoms with van der Waals surface area (Å²) in [5.41, 5.74) is 2.57. The average molecular weight is 248 g/mol. The summed E-state index contributed by atoms with van der Waals surface area (Å²) in [7, 11) is 2.01. The SMILES string of the molecule is Cc1nn(C)cc1CN(CC1CCCN1)C1CC1. The minimum Gasteiger partial charge on any atom is -0.313 e. The van der Waals surface area contributed by atoms with Crippen LogP contribution in [-0.4, -0.2) is 39.9 Å². The van der Waals surface area contributed by atoms with Gasteiger partial charge < -0.3 is 5.32 Å². The number of aryl methyl sites for hydroxylation is 2. The van der Waals surface area contributed by atoms with Gasteiger partial charge in [0.25, 0.3) is 0 Å². The molecule has 4 nitrogen and oxygen atoms in total. The predicted octanol–water partition coefficient (Wildman–Crippen LogP) is 1.44. The lowest BCUT2D eigenvalue weighted by atomic mass is 10.2. The van der Waals surface area contributed by atoms with E-state index in [1.165, 1.54) is 50.0 Å². The van der Waals surface area contributed by atoms with Crippen molar-refractivity contribution in [2.24, 2.45) is 7.05 Å². The number of hydrogen-bond donors (Lipinski definition) is 1. The molecular weight excluding hydrogens is 224 g/mol. The van der Waals surface area contributed by atoms with Gasteiger partial charge in [0.15, 0.2) is 0 Å². The van der Waals surface area contributed by atoms with Gasteiger partial charge in [0.1, 0.15) is 0 Å². The molecule has 0 amide bonds. The van der Waals surface area contributed by atoms with Crippen molar-refractivity contribution in [1.29, 1.82) is 0 Å². The first-order chi connectivity index (χ1) is 8.72. The van der Waals surface area contributed by atoms with Crippen molar-refractivity contribution in [1.82, 2.24) is 20.0 Å². The molecule has 0 radical (unpaired) electrons. The molecule has 1 saturated heterocycles. The first-order valence-corrected chi connectivity index (χ1v) is 7.19. The maximum Gasteiger partial charge on any atom is 0.0638 e. The number of aromatic nitrogens is 2. The normalized spacial score (nSPS) is 24.1. The zero-order valence-electron chi connectivity index (χ0n) is 11.5. The molecule has 0 aromatic carbocycles. The molecule has 0 bridgehead atoms. The van der Waals surface area contributed by atoms with Gasteiger partial charge in [-0.25, -0.2) is 0 Å². The highest BCUT2D eigenvalue weighted by Crippen LogP contribution is 2.29. The Labute approximate surface area is 109 Å². The summed E-state index contributed by atoms with van der Waals surface area (Å²) in [6.45, 7) is 5.60. The third-order valence-corrected chi connectivity index (χ3v) is 4.17. The Morgan fingerprint density at radius 1 is 1.44 bits per heavy atom. The highest BCUT2D eigenvalue weighted by Gasteiger charge is 2.31. The van der Waals surface area contributed by atoms with E-state index in [0.29, 0.717) is 6.04 Å². The molecule has 1 aliphatic heterocycles. The lowest BCUT2D eigenvalue weighted by Crippen LogP contribution is -2.38. The average Bonchev–Trinajstić information content (AvgIpc) is 2.96. The third kappa shape index (κ3) is 2.75. The summed E-state index contributed by atoms with van der Waals surface area (Å²) in [6, 6.07) is 1.54. The summed E-state index contributed by atoms with van der Waals surface area (Å²) >= 11 is 0. The molecule has 100 valence electrons. The summed E-state index contributed by atoms with van der Waals surface area (Å²) < 4.78 is 1.93. The molecule has 3 rings (SSSR count). The van der Waals surface area contributed by atoms with E-state index in [1.54, 1.807) is 0 Å². The van der Waals surface area contributed by atoms with Crippen LogP contribution >= 0.6 is 0 Å². The van der Waals surface area contributed by atoms with E-state index < -0.39 is 0 Å². The molecule has 1 saturated carbocycles. The fourth-order valence-electron chi connectivity index (χ4n) is 3.00. The van der Waals surface area contributed by atoms with Crippen LogP contribution in [0.5, 0.6) is 0 Å². The fourth-order valence-corrected chi connectivity index (χ4v) is 3.00. The van der Waals surface area contributed by atoms with Gasteiger partial charge in [-0.1, -0.05) is 0 Å². The van der Waals surface area contributed by atoms with Gasteiger partial charge in [-0.2, -0.15) is 5.10 Å². The van der Waals surface area contributed by atoms with Crippen LogP contribution in [-0.2, 0) is 13.6 Å². The minimum atomic E-state index is 0.711. The lowest BCUT2D eigenvalue weighted by Gasteiger charge is -2.25. The zero-order valence-corrected chi connectivity index (χ0v) is 11.5. The molecule has 1 aromatic rings. The van der Waals surface area contributed by atoms with Crippen molar-refractivity contribution in [3.8, 4) is 0 Å². The van der Waals surface area contributed by atoms with Crippen molar-refractivity contribution < 1.29 is 0 Å². The standard InChI is InChI=1S/C14H24N4/c1-11-12(8-17(2)16-11)9-18(14-5-6-14)10-13-4-3-7-15-13/h8,13-15H,3-7,9-10H2,1-2H3. The molecule has 2 aliphatic rings. The van der Waals surface area contributed by atoms with Crippen LogP contribution in [0.1, 0.15) is 36.9 Å². The van der Waals surface area contributed by atoms with Crippen LogP contribution in [0.25, 0.3) is 0 Å². The Hall–Kier alpha value is -0.870. The molecule has 1 aliphatic carbocycles. The number of nitrogens with zero attached hydrogens (tertiary/aromatic N) is 3. The summed E-state index contributed by atoms with van der Waals surface area (Å²) in [5.74, 6) is 0. The first kappa shape index (κ1) is 12.2. The van der Waals surface area contributed by atoms with Crippen molar-refractivity contribution >= 4 is 0 Å². The van der Waals surface area contributed by atoms with Crippen molar-refractivity contribution in [3.05, 3.63) is 17.5 Å². The lowest BCUT2D eigenvalue weighted by molar-refractivity contribution is 0.231. The van der Waals surface area contributed by atoms with Crippen LogP contribution in [0.3, 0.4) is 0 Å². The summed E-state index contributed by atoms with van der Waals surface area (Å²) in [6.07, 6.45) is 7.62. The van der Waals surface area contributed by atoms with Gasteiger partial charge in [0, 0.05) is 44.0 Å². The second-order valence-corrected chi connectivity index (χ2v) is 5.87. The molecule has 1 atom stereocenters. The third-order valence-electron chi connectivity index (χ3n) is 4.17. The van der Waals surface area contributed by atoms with Gasteiger partial charge in [-0.15, -0.1) is 0 Å². The van der Waals surface area contributed by atoms with Gasteiger partial charge in [0.2, 0.25) is 0 Å². The van der Waals surface area contributed by atoms with Crippen molar-refractivity contribution in [2.75, 3.05) is 13.1 Å². The van der Waals surface area contributed by atoms with Crippen LogP contribution in [0.4, 0.5) is 0 Å². The van der Waals surface area contributed by atoms with Crippen molar-refractivity contribution in [3.63, 3.8) is 0 Å². The van der Waals surface area contributed by atoms with Crippen LogP contribution in [0.15, 0.2) is 6.20 Å². The monoisotopic (exact) mass is 248 g/mol. The Morgan fingerprint density at radius 3 is 2.83 bits per heavy atom. The summed E-state index contributed by atoms with van der Waals surface area (Å²) in [5, 5.41) is 8.06. The highest BCUT2D eigenvalue weighted by atomic mass is 15.3. The maximum absolute atomic E-state index is 4.45. The van der Waals surface area contributed by atoms with Gasteiger partial charge in [0.05, 0.1) is 5.69 Å². The molecule has 2 fully saturated rings. The Bertz CT molecular complexity index is 402. The minimum absolute atomic E-state index is 0.711. The van der Waals surface area contributed by atoms with E-state index in [-0.39, 0.29) is 0 Å². The zero-order chi connectivity index (χ0) is 12.5. The van der Waals surface area contributed by atoms with Crippen LogP contribution < -0.4 is 5.32 Å². The molecule has 2 heterocycles. The van der Waals surface area contributed by atoms with Crippen LogP contribution in [0.2, 0.25) is 0 Å². The van der Waals surface area contributed by atoms with E-state index in [0.717, 1.165) is 12.6 Å². The van der Waals surface area contributed by atoms with E-state index in [1.807, 2.05) is 11.7 Å². The summed E-state index contributed by atoms with van der Waals surface area (Å²) in [4.78, 5) is 2.66. The molecule has 4 heteroatoms.